The van der Waals surface area contributed by atoms with Gasteiger partial charge in [0, 0.05) is 25.7 Å². The van der Waals surface area contributed by atoms with Crippen molar-refractivity contribution in [3.63, 3.8) is 0 Å². The fourth-order valence-corrected chi connectivity index (χ4v) is 2.63. The largest absolute Gasteiger partial charge is 0.465 e. The third kappa shape index (κ3) is 3.96. The van der Waals surface area contributed by atoms with Crippen LogP contribution in [0.5, 0.6) is 0 Å². The van der Waals surface area contributed by atoms with E-state index in [4.69, 9.17) is 5.11 Å². The molecule has 1 N–H and O–H groups in total. The van der Waals surface area contributed by atoms with Crippen molar-refractivity contribution in [2.45, 2.75) is 25.3 Å². The number of likely N-dealkylation sites (N-methyl/N-ethyl adjacent to an activating group) is 1. The molecule has 0 saturated carbocycles. The van der Waals surface area contributed by atoms with Crippen molar-refractivity contribution in [3.05, 3.63) is 35.9 Å². The second-order valence-electron chi connectivity index (χ2n) is 5.22. The molecule has 1 heterocycles. The molecule has 4 nitrogen and oxygen atoms in total. The molecule has 0 bridgehead atoms. The summed E-state index contributed by atoms with van der Waals surface area (Å²) in [6.07, 6.45) is 2.15. The number of carboxylic acid groups (broad SMARTS) is 1. The molecule has 1 aromatic carbocycles. The molecule has 104 valence electrons. The fraction of sp³-hybridized carbons (Fsp3) is 0.533. The van der Waals surface area contributed by atoms with Crippen LogP contribution in [0, 0.1) is 0 Å². The van der Waals surface area contributed by atoms with Gasteiger partial charge in [0.1, 0.15) is 0 Å². The maximum atomic E-state index is 10.9. The summed E-state index contributed by atoms with van der Waals surface area (Å²) in [5, 5.41) is 8.93. The molecule has 2 rings (SSSR count). The second kappa shape index (κ2) is 6.57. The SMILES string of the molecule is CN(CCc1ccccc1)C1CCN(C(=O)O)CC1. The number of piperidine rings is 1. The molecular weight excluding hydrogens is 240 g/mol. The van der Waals surface area contributed by atoms with Crippen LogP contribution in [0.25, 0.3) is 0 Å². The molecule has 1 aromatic rings. The zero-order valence-electron chi connectivity index (χ0n) is 11.5. The number of hydrogen-bond acceptors (Lipinski definition) is 2. The standard InChI is InChI=1S/C15H22N2O2/c1-16(10-7-13-5-3-2-4-6-13)14-8-11-17(12-9-14)15(18)19/h2-6,14H,7-12H2,1H3,(H,18,19). The third-order valence-corrected chi connectivity index (χ3v) is 3.95. The molecule has 1 saturated heterocycles. The van der Waals surface area contributed by atoms with Gasteiger partial charge in [0.25, 0.3) is 0 Å². The summed E-state index contributed by atoms with van der Waals surface area (Å²) >= 11 is 0. The lowest BCUT2D eigenvalue weighted by atomic mass is 10.0. The summed E-state index contributed by atoms with van der Waals surface area (Å²) in [5.74, 6) is 0. The van der Waals surface area contributed by atoms with E-state index in [1.807, 2.05) is 6.07 Å². The normalized spacial score (nSPS) is 16.8. The van der Waals surface area contributed by atoms with Crippen molar-refractivity contribution in [1.29, 1.82) is 0 Å². The highest BCUT2D eigenvalue weighted by atomic mass is 16.4. The van der Waals surface area contributed by atoms with Gasteiger partial charge in [0.05, 0.1) is 0 Å². The molecule has 1 fully saturated rings. The minimum atomic E-state index is -0.787. The van der Waals surface area contributed by atoms with Gasteiger partial charge in [-0.15, -0.1) is 0 Å². The van der Waals surface area contributed by atoms with Gasteiger partial charge in [-0.1, -0.05) is 30.3 Å². The highest BCUT2D eigenvalue weighted by Gasteiger charge is 2.24. The minimum Gasteiger partial charge on any atom is -0.465 e. The van der Waals surface area contributed by atoms with Crippen molar-refractivity contribution in [3.8, 4) is 0 Å². The summed E-state index contributed by atoms with van der Waals surface area (Å²) in [7, 11) is 2.14. The highest BCUT2D eigenvalue weighted by molar-refractivity contribution is 5.65. The number of benzene rings is 1. The van der Waals surface area contributed by atoms with Crippen LogP contribution in [0.1, 0.15) is 18.4 Å². The Kier molecular flexibility index (Phi) is 4.80. The molecular formula is C15H22N2O2. The van der Waals surface area contributed by atoms with E-state index < -0.39 is 6.09 Å². The maximum Gasteiger partial charge on any atom is 0.407 e. The lowest BCUT2D eigenvalue weighted by Crippen LogP contribution is -2.45. The number of amides is 1. The van der Waals surface area contributed by atoms with Crippen molar-refractivity contribution >= 4 is 6.09 Å². The van der Waals surface area contributed by atoms with E-state index in [1.165, 1.54) is 10.5 Å². The molecule has 4 heteroatoms. The van der Waals surface area contributed by atoms with Gasteiger partial charge in [0.15, 0.2) is 0 Å². The average Bonchev–Trinajstić information content (AvgIpc) is 2.46. The van der Waals surface area contributed by atoms with Crippen LogP contribution in [0.2, 0.25) is 0 Å². The minimum absolute atomic E-state index is 0.513. The first-order chi connectivity index (χ1) is 9.16. The zero-order valence-corrected chi connectivity index (χ0v) is 11.5. The van der Waals surface area contributed by atoms with Crippen molar-refractivity contribution in [1.82, 2.24) is 9.80 Å². The Labute approximate surface area is 114 Å². The van der Waals surface area contributed by atoms with Gasteiger partial charge in [0.2, 0.25) is 0 Å². The molecule has 0 spiro atoms. The van der Waals surface area contributed by atoms with Crippen LogP contribution in [-0.4, -0.2) is 53.7 Å². The van der Waals surface area contributed by atoms with Crippen molar-refractivity contribution < 1.29 is 9.90 Å². The number of rotatable bonds is 4. The first kappa shape index (κ1) is 13.9. The predicted octanol–water partition coefficient (Wildman–Crippen LogP) is 2.30. The van der Waals surface area contributed by atoms with E-state index in [1.54, 1.807) is 0 Å². The number of carbonyl (C=O) groups is 1. The highest BCUT2D eigenvalue weighted by Crippen LogP contribution is 2.15. The smallest absolute Gasteiger partial charge is 0.407 e. The molecule has 0 aliphatic carbocycles. The predicted molar refractivity (Wildman–Crippen MR) is 75.4 cm³/mol. The van der Waals surface area contributed by atoms with Gasteiger partial charge in [-0.05, 0) is 31.9 Å². The number of likely N-dealkylation sites (tertiary alicyclic amines) is 1. The summed E-state index contributed by atoms with van der Waals surface area (Å²) in [6.45, 7) is 2.35. The number of hydrogen-bond donors (Lipinski definition) is 1. The second-order valence-corrected chi connectivity index (χ2v) is 5.22. The molecule has 0 unspecified atom stereocenters. The average molecular weight is 262 g/mol. The van der Waals surface area contributed by atoms with E-state index in [0.717, 1.165) is 25.8 Å². The Balaban J connectivity index is 1.75. The van der Waals surface area contributed by atoms with Gasteiger partial charge in [-0.2, -0.15) is 0 Å². The molecule has 1 amide bonds. The fourth-order valence-electron chi connectivity index (χ4n) is 2.63. The summed E-state index contributed by atoms with van der Waals surface area (Å²) < 4.78 is 0. The van der Waals surface area contributed by atoms with Crippen LogP contribution < -0.4 is 0 Å². The lowest BCUT2D eigenvalue weighted by molar-refractivity contribution is 0.106. The van der Waals surface area contributed by atoms with Crippen LogP contribution in [0.4, 0.5) is 4.79 Å². The lowest BCUT2D eigenvalue weighted by Gasteiger charge is -2.35. The quantitative estimate of drug-likeness (QED) is 0.905. The van der Waals surface area contributed by atoms with E-state index in [9.17, 15) is 4.79 Å². The van der Waals surface area contributed by atoms with Crippen LogP contribution in [-0.2, 0) is 6.42 Å². The van der Waals surface area contributed by atoms with E-state index in [2.05, 4.69) is 36.2 Å². The Bertz CT molecular complexity index is 400. The Morgan fingerprint density at radius 1 is 1.32 bits per heavy atom. The van der Waals surface area contributed by atoms with Crippen molar-refractivity contribution in [2.24, 2.45) is 0 Å². The molecule has 0 radical (unpaired) electrons. The van der Waals surface area contributed by atoms with E-state index in [0.29, 0.717) is 19.1 Å². The zero-order chi connectivity index (χ0) is 13.7. The maximum absolute atomic E-state index is 10.9. The van der Waals surface area contributed by atoms with E-state index in [-0.39, 0.29) is 0 Å². The molecule has 1 aliphatic rings. The van der Waals surface area contributed by atoms with E-state index >= 15 is 0 Å². The Morgan fingerprint density at radius 3 is 2.53 bits per heavy atom. The molecule has 0 aromatic heterocycles. The first-order valence-electron chi connectivity index (χ1n) is 6.89. The topological polar surface area (TPSA) is 43.8 Å². The van der Waals surface area contributed by atoms with Gasteiger partial charge in [-0.3, -0.25) is 0 Å². The Morgan fingerprint density at radius 2 is 1.95 bits per heavy atom. The summed E-state index contributed by atoms with van der Waals surface area (Å²) in [6, 6.07) is 11.0. The van der Waals surface area contributed by atoms with Gasteiger partial charge >= 0.3 is 6.09 Å². The van der Waals surface area contributed by atoms with Gasteiger partial charge in [-0.25, -0.2) is 4.79 Å². The van der Waals surface area contributed by atoms with Crippen LogP contribution >= 0.6 is 0 Å². The third-order valence-electron chi connectivity index (χ3n) is 3.95. The van der Waals surface area contributed by atoms with Crippen LogP contribution in [0.15, 0.2) is 30.3 Å². The van der Waals surface area contributed by atoms with Crippen molar-refractivity contribution in [2.75, 3.05) is 26.7 Å². The molecule has 1 aliphatic heterocycles. The monoisotopic (exact) mass is 262 g/mol. The Hall–Kier alpha value is -1.55. The van der Waals surface area contributed by atoms with Crippen LogP contribution in [0.3, 0.4) is 0 Å². The first-order valence-corrected chi connectivity index (χ1v) is 6.89. The van der Waals surface area contributed by atoms with Gasteiger partial charge < -0.3 is 14.9 Å². The summed E-state index contributed by atoms with van der Waals surface area (Å²) in [5.41, 5.74) is 1.36. The molecule has 19 heavy (non-hydrogen) atoms. The number of nitrogens with zero attached hydrogens (tertiary/aromatic N) is 2. The molecule has 0 atom stereocenters. The summed E-state index contributed by atoms with van der Waals surface area (Å²) in [4.78, 5) is 14.7.